The Hall–Kier alpha value is -4.77. The predicted octanol–water partition coefficient (Wildman–Crippen LogP) is 5.72. The number of hydrogen-bond acceptors (Lipinski definition) is 6. The van der Waals surface area contributed by atoms with Gasteiger partial charge in [-0.1, -0.05) is 36.4 Å². The van der Waals surface area contributed by atoms with Crippen LogP contribution in [-0.2, 0) is 16.1 Å². The monoisotopic (exact) mass is 613 g/mol. The fourth-order valence-corrected chi connectivity index (χ4v) is 6.16. The van der Waals surface area contributed by atoms with E-state index in [0.717, 1.165) is 44.3 Å². The Bertz CT molecular complexity index is 1670. The van der Waals surface area contributed by atoms with E-state index in [0.29, 0.717) is 38.2 Å². The number of thioether (sulfide) groups is 1. The van der Waals surface area contributed by atoms with E-state index in [9.17, 15) is 14.4 Å². The fourth-order valence-electron chi connectivity index (χ4n) is 5.01. The number of anilines is 2. The number of nitrogens with one attached hydrogen (secondary N) is 2. The first kappa shape index (κ1) is 30.7. The fraction of sp³-hybridized carbons (Fsp3) is 0.273. The third kappa shape index (κ3) is 7.59. The molecule has 0 aliphatic carbocycles. The lowest BCUT2D eigenvalue weighted by atomic mass is 10.1. The second kappa shape index (κ2) is 14.1. The summed E-state index contributed by atoms with van der Waals surface area (Å²) in [4.78, 5) is 38.9. The van der Waals surface area contributed by atoms with Crippen LogP contribution >= 0.6 is 11.8 Å². The number of carboxylic acids is 1. The number of amides is 3. The first-order valence-corrected chi connectivity index (χ1v) is 15.4. The third-order valence-electron chi connectivity index (χ3n) is 7.37. The molecule has 11 heteroatoms. The topological polar surface area (TPSA) is 126 Å². The molecular formula is C33H35N5O5S. The zero-order valence-corrected chi connectivity index (χ0v) is 25.5. The predicted molar refractivity (Wildman–Crippen MR) is 172 cm³/mol. The highest BCUT2D eigenvalue weighted by Gasteiger charge is 2.25. The van der Waals surface area contributed by atoms with Crippen LogP contribution in [0.5, 0.6) is 5.75 Å². The molecule has 0 saturated carbocycles. The summed E-state index contributed by atoms with van der Waals surface area (Å²) in [5.41, 5.74) is 6.68. The average molecular weight is 614 g/mol. The number of ether oxygens (including phenoxy) is 1. The highest BCUT2D eigenvalue weighted by atomic mass is 32.2. The average Bonchev–Trinajstić information content (AvgIpc) is 3.47. The normalized spacial score (nSPS) is 12.4. The van der Waals surface area contributed by atoms with E-state index >= 15 is 0 Å². The SMILES string of the molecule is Cc1cccc(OCCCC(=O)N2CCSc3c(-c4cnn(Cc5cccc(NC(=O)NCC(=O)O)c5)c4)cccc32)c1C. The molecule has 1 aliphatic heterocycles. The number of fused-ring (bicyclic) bond motifs is 1. The van der Waals surface area contributed by atoms with Crippen molar-refractivity contribution in [3.05, 3.63) is 89.7 Å². The molecule has 0 unspecified atom stereocenters. The van der Waals surface area contributed by atoms with Gasteiger partial charge >= 0.3 is 12.0 Å². The highest BCUT2D eigenvalue weighted by molar-refractivity contribution is 7.99. The lowest BCUT2D eigenvalue weighted by Gasteiger charge is -2.30. The Morgan fingerprint density at radius 2 is 1.89 bits per heavy atom. The zero-order chi connectivity index (χ0) is 31.1. The largest absolute Gasteiger partial charge is 0.493 e. The van der Waals surface area contributed by atoms with Crippen molar-refractivity contribution in [3.63, 3.8) is 0 Å². The van der Waals surface area contributed by atoms with Crippen LogP contribution in [0.25, 0.3) is 11.1 Å². The smallest absolute Gasteiger partial charge is 0.323 e. The molecule has 3 N–H and O–H groups in total. The second-order valence-corrected chi connectivity index (χ2v) is 11.6. The number of nitrogens with zero attached hydrogens (tertiary/aromatic N) is 3. The summed E-state index contributed by atoms with van der Waals surface area (Å²) in [6, 6.07) is 18.8. The molecule has 2 heterocycles. The molecule has 3 aromatic carbocycles. The molecule has 1 aliphatic rings. The number of aliphatic carboxylic acids is 1. The van der Waals surface area contributed by atoms with Crippen LogP contribution in [0.1, 0.15) is 29.5 Å². The number of benzene rings is 3. The molecule has 44 heavy (non-hydrogen) atoms. The van der Waals surface area contributed by atoms with Gasteiger partial charge in [0.2, 0.25) is 5.91 Å². The number of carbonyl (C=O) groups excluding carboxylic acids is 2. The number of rotatable bonds is 11. The summed E-state index contributed by atoms with van der Waals surface area (Å²) >= 11 is 1.75. The van der Waals surface area contributed by atoms with Crippen molar-refractivity contribution in [3.8, 4) is 16.9 Å². The Kier molecular flexibility index (Phi) is 9.86. The number of aromatic nitrogens is 2. The molecule has 1 aromatic heterocycles. The van der Waals surface area contributed by atoms with E-state index in [2.05, 4.69) is 34.8 Å². The minimum Gasteiger partial charge on any atom is -0.493 e. The van der Waals surface area contributed by atoms with E-state index in [1.807, 2.05) is 71.4 Å². The maximum Gasteiger partial charge on any atom is 0.323 e. The van der Waals surface area contributed by atoms with Crippen molar-refractivity contribution in [1.82, 2.24) is 15.1 Å². The van der Waals surface area contributed by atoms with E-state index < -0.39 is 18.5 Å². The van der Waals surface area contributed by atoms with Crippen molar-refractivity contribution >= 4 is 41.0 Å². The lowest BCUT2D eigenvalue weighted by Crippen LogP contribution is -2.35. The molecule has 4 aromatic rings. The second-order valence-electron chi connectivity index (χ2n) is 10.5. The van der Waals surface area contributed by atoms with Crippen molar-refractivity contribution in [1.29, 1.82) is 0 Å². The third-order valence-corrected chi connectivity index (χ3v) is 8.47. The van der Waals surface area contributed by atoms with Gasteiger partial charge in [0, 0.05) is 46.6 Å². The number of carboxylic acid groups (broad SMARTS) is 1. The minimum absolute atomic E-state index is 0.0918. The van der Waals surface area contributed by atoms with Gasteiger partial charge in [0.15, 0.2) is 0 Å². The summed E-state index contributed by atoms with van der Waals surface area (Å²) in [7, 11) is 0. The molecule has 228 valence electrons. The van der Waals surface area contributed by atoms with Crippen LogP contribution in [0.2, 0.25) is 0 Å². The number of hydrogen-bond donors (Lipinski definition) is 3. The molecular weight excluding hydrogens is 578 g/mol. The van der Waals surface area contributed by atoms with Gasteiger partial charge in [0.25, 0.3) is 0 Å². The van der Waals surface area contributed by atoms with Gasteiger partial charge in [-0.15, -0.1) is 11.8 Å². The van der Waals surface area contributed by atoms with Crippen LogP contribution in [0.3, 0.4) is 0 Å². The Labute approximate surface area is 260 Å². The lowest BCUT2D eigenvalue weighted by molar-refractivity contribution is -0.135. The van der Waals surface area contributed by atoms with Gasteiger partial charge in [-0.3, -0.25) is 14.3 Å². The van der Waals surface area contributed by atoms with Gasteiger partial charge in [-0.2, -0.15) is 5.10 Å². The number of urea groups is 1. The van der Waals surface area contributed by atoms with Gasteiger partial charge in [0.1, 0.15) is 12.3 Å². The summed E-state index contributed by atoms with van der Waals surface area (Å²) in [5, 5.41) is 18.2. The van der Waals surface area contributed by atoms with Gasteiger partial charge in [-0.25, -0.2) is 4.79 Å². The first-order valence-electron chi connectivity index (χ1n) is 14.4. The Morgan fingerprint density at radius 3 is 2.73 bits per heavy atom. The molecule has 3 amide bonds. The highest BCUT2D eigenvalue weighted by Crippen LogP contribution is 2.42. The summed E-state index contributed by atoms with van der Waals surface area (Å²) in [6.07, 6.45) is 4.85. The van der Waals surface area contributed by atoms with E-state index in [1.54, 1.807) is 17.8 Å². The first-order chi connectivity index (χ1) is 21.3. The Morgan fingerprint density at radius 1 is 1.07 bits per heavy atom. The van der Waals surface area contributed by atoms with Crippen LogP contribution in [0, 0.1) is 13.8 Å². The van der Waals surface area contributed by atoms with Crippen LogP contribution < -0.4 is 20.3 Å². The summed E-state index contributed by atoms with van der Waals surface area (Å²) in [5.74, 6) is 0.652. The maximum atomic E-state index is 13.3. The van der Waals surface area contributed by atoms with E-state index in [4.69, 9.17) is 9.84 Å². The summed E-state index contributed by atoms with van der Waals surface area (Å²) < 4.78 is 7.79. The Balaban J connectivity index is 1.22. The van der Waals surface area contributed by atoms with Gasteiger partial charge in [-0.05, 0) is 61.2 Å². The molecule has 0 radical (unpaired) electrons. The van der Waals surface area contributed by atoms with Crippen LogP contribution in [-0.4, -0.2) is 58.2 Å². The number of carbonyl (C=O) groups is 3. The molecule has 0 saturated heterocycles. The summed E-state index contributed by atoms with van der Waals surface area (Å²) in [6.45, 7) is 5.27. The molecule has 10 nitrogen and oxygen atoms in total. The van der Waals surface area contributed by atoms with Crippen molar-refractivity contribution < 1.29 is 24.2 Å². The van der Waals surface area contributed by atoms with Crippen molar-refractivity contribution in [2.45, 2.75) is 38.1 Å². The van der Waals surface area contributed by atoms with E-state index in [1.165, 1.54) is 5.56 Å². The van der Waals surface area contributed by atoms with E-state index in [-0.39, 0.29) is 5.91 Å². The van der Waals surface area contributed by atoms with Crippen molar-refractivity contribution in [2.75, 3.05) is 35.7 Å². The van der Waals surface area contributed by atoms with Crippen LogP contribution in [0.15, 0.2) is 78.0 Å². The molecule has 0 fully saturated rings. The molecule has 5 rings (SSSR count). The van der Waals surface area contributed by atoms with Gasteiger partial charge < -0.3 is 25.4 Å². The van der Waals surface area contributed by atoms with Crippen LogP contribution in [0.4, 0.5) is 16.2 Å². The zero-order valence-electron chi connectivity index (χ0n) is 24.7. The molecule has 0 atom stereocenters. The number of aryl methyl sites for hydroxylation is 1. The quantitative estimate of drug-likeness (QED) is 0.185. The van der Waals surface area contributed by atoms with Gasteiger partial charge in [0.05, 0.1) is 25.0 Å². The molecule has 0 bridgehead atoms. The van der Waals surface area contributed by atoms with Crippen molar-refractivity contribution in [2.24, 2.45) is 0 Å². The maximum absolute atomic E-state index is 13.3. The molecule has 0 spiro atoms. The standard InChI is InChI=1S/C33H35N5O5S/c1-22-7-3-12-29(23(22)2)43-15-6-13-30(39)38-14-16-44-32-27(10-5-11-28(32)38)25-18-35-37(21-25)20-24-8-4-9-26(17-24)36-33(42)34-19-31(40)41/h3-5,7-12,17-18,21H,6,13-16,19-20H2,1-2H3,(H,40,41)(H2,34,36,42). The minimum atomic E-state index is -1.12.